The molecule has 0 atom stereocenters. The number of fused-ring (bicyclic) bond motifs is 1. The van der Waals surface area contributed by atoms with Crippen molar-refractivity contribution in [3.05, 3.63) is 78.9 Å². The molecule has 0 aliphatic rings. The Morgan fingerprint density at radius 1 is 0.694 bits per heavy atom. The van der Waals surface area contributed by atoms with Gasteiger partial charge in [0.2, 0.25) is 0 Å². The van der Waals surface area contributed by atoms with Crippen LogP contribution in [0.4, 0.5) is 22.7 Å². The van der Waals surface area contributed by atoms with Crippen LogP contribution >= 0.6 is 0 Å². The van der Waals surface area contributed by atoms with Gasteiger partial charge in [0.15, 0.2) is 5.75 Å². The maximum absolute atomic E-state index is 12.0. The molecule has 4 N–H and O–H groups in total. The maximum atomic E-state index is 12.0. The molecule has 0 aliphatic heterocycles. The standard InChI is InChI=1S/C22H17N3O7S2.2Na/c26-22-19-13-17(23-15-4-2-1-3-5-15)7-6-14(19)12-20(34(30,31)32)21(22)25-24-16-8-10-18(11-9-16)33(27,28)29;;/h1-13,23,26H,(H,27,28,29)(H,30,31,32);;. The zero-order valence-electron chi connectivity index (χ0n) is 19.2. The molecule has 2 radical (unpaired) electrons. The van der Waals surface area contributed by atoms with Crippen molar-refractivity contribution in [2.75, 3.05) is 5.32 Å². The molecule has 0 aliphatic carbocycles. The Morgan fingerprint density at radius 2 is 1.33 bits per heavy atom. The fraction of sp³-hybridized carbons (Fsp3) is 0. The molecule has 0 heterocycles. The summed E-state index contributed by atoms with van der Waals surface area (Å²) in [5, 5.41) is 22.2. The van der Waals surface area contributed by atoms with E-state index >= 15 is 0 Å². The summed E-state index contributed by atoms with van der Waals surface area (Å²) in [7, 11) is -9.18. The molecule has 0 bridgehead atoms. The molecule has 0 amide bonds. The first-order valence-corrected chi connectivity index (χ1v) is 12.5. The number of para-hydroxylation sites is 1. The van der Waals surface area contributed by atoms with Crippen molar-refractivity contribution in [2.24, 2.45) is 10.2 Å². The average Bonchev–Trinajstić information content (AvgIpc) is 2.78. The van der Waals surface area contributed by atoms with E-state index < -0.39 is 36.6 Å². The van der Waals surface area contributed by atoms with Crippen molar-refractivity contribution in [1.29, 1.82) is 0 Å². The zero-order chi connectivity index (χ0) is 24.5. The third-order valence-corrected chi connectivity index (χ3v) is 6.53. The van der Waals surface area contributed by atoms with Gasteiger partial charge in [-0.15, -0.1) is 5.11 Å². The Balaban J connectivity index is 0.00000228. The third-order valence-electron chi connectivity index (χ3n) is 4.79. The summed E-state index contributed by atoms with van der Waals surface area (Å²) in [5.41, 5.74) is 1.01. The largest absolute Gasteiger partial charge is 0.505 e. The van der Waals surface area contributed by atoms with Crippen molar-refractivity contribution < 1.29 is 31.0 Å². The molecule has 0 saturated heterocycles. The minimum atomic E-state index is -4.78. The fourth-order valence-corrected chi connectivity index (χ4v) is 4.33. The predicted molar refractivity (Wildman–Crippen MR) is 137 cm³/mol. The number of phenols is 1. The molecule has 176 valence electrons. The van der Waals surface area contributed by atoms with E-state index in [0.29, 0.717) is 11.1 Å². The number of rotatable bonds is 6. The van der Waals surface area contributed by atoms with E-state index in [1.165, 1.54) is 12.1 Å². The first-order valence-electron chi connectivity index (χ1n) is 9.61. The van der Waals surface area contributed by atoms with Gasteiger partial charge in [0, 0.05) is 75.9 Å². The van der Waals surface area contributed by atoms with Crippen molar-refractivity contribution in [1.82, 2.24) is 0 Å². The van der Waals surface area contributed by atoms with E-state index in [1.807, 2.05) is 30.3 Å². The van der Waals surface area contributed by atoms with E-state index in [4.69, 9.17) is 4.55 Å². The average molecular weight is 546 g/mol. The quantitative estimate of drug-likeness (QED) is 0.157. The summed E-state index contributed by atoms with van der Waals surface area (Å²) in [6, 6.07) is 19.9. The summed E-state index contributed by atoms with van der Waals surface area (Å²) in [6.07, 6.45) is 0. The van der Waals surface area contributed by atoms with Gasteiger partial charge in [-0.25, -0.2) is 0 Å². The van der Waals surface area contributed by atoms with E-state index in [9.17, 15) is 26.5 Å². The van der Waals surface area contributed by atoms with Gasteiger partial charge in [-0.1, -0.05) is 24.3 Å². The number of phenolic OH excluding ortho intramolecular Hbond substituents is 1. The second-order valence-electron chi connectivity index (χ2n) is 7.14. The van der Waals surface area contributed by atoms with Gasteiger partial charge < -0.3 is 10.4 Å². The molecule has 0 fully saturated rings. The van der Waals surface area contributed by atoms with Gasteiger partial charge in [0.25, 0.3) is 20.2 Å². The Morgan fingerprint density at radius 3 is 1.92 bits per heavy atom. The van der Waals surface area contributed by atoms with Gasteiger partial charge in [-0.05, 0) is 60.0 Å². The molecule has 10 nitrogen and oxygen atoms in total. The van der Waals surface area contributed by atoms with Crippen molar-refractivity contribution >= 4 is 113 Å². The number of nitrogens with one attached hydrogen (secondary N) is 1. The van der Waals surface area contributed by atoms with E-state index in [1.54, 1.807) is 18.2 Å². The van der Waals surface area contributed by atoms with Crippen LogP contribution in [0, 0.1) is 0 Å². The van der Waals surface area contributed by atoms with Crippen LogP contribution in [0.25, 0.3) is 10.8 Å². The van der Waals surface area contributed by atoms with Crippen LogP contribution in [-0.4, -0.2) is 90.2 Å². The van der Waals surface area contributed by atoms with Crippen LogP contribution < -0.4 is 5.32 Å². The number of nitrogens with zero attached hydrogens (tertiary/aromatic N) is 2. The molecule has 14 heteroatoms. The number of hydrogen-bond donors (Lipinski definition) is 4. The van der Waals surface area contributed by atoms with E-state index in [2.05, 4.69) is 15.5 Å². The molecule has 0 saturated carbocycles. The monoisotopic (exact) mass is 545 g/mol. The summed E-state index contributed by atoms with van der Waals surface area (Å²) in [4.78, 5) is -1.02. The Labute approximate surface area is 251 Å². The van der Waals surface area contributed by atoms with Gasteiger partial charge in [0.05, 0.1) is 10.6 Å². The maximum Gasteiger partial charge on any atom is 0.296 e. The molecule has 4 aromatic carbocycles. The summed E-state index contributed by atoms with van der Waals surface area (Å²) >= 11 is 0. The number of anilines is 2. The summed E-state index contributed by atoms with van der Waals surface area (Å²) in [5.74, 6) is -0.528. The van der Waals surface area contributed by atoms with Crippen LogP contribution in [-0.2, 0) is 20.2 Å². The van der Waals surface area contributed by atoms with Crippen molar-refractivity contribution in [3.8, 4) is 5.75 Å². The van der Waals surface area contributed by atoms with Crippen LogP contribution in [0.1, 0.15) is 0 Å². The molecule has 36 heavy (non-hydrogen) atoms. The Hall–Kier alpha value is -1.84. The summed E-state index contributed by atoms with van der Waals surface area (Å²) in [6.45, 7) is 0. The minimum Gasteiger partial charge on any atom is -0.505 e. The fourth-order valence-electron chi connectivity index (χ4n) is 3.19. The molecular formula is C22H17N3Na2O7S2. The van der Waals surface area contributed by atoms with Crippen LogP contribution in [0.2, 0.25) is 0 Å². The van der Waals surface area contributed by atoms with Gasteiger partial charge in [-0.2, -0.15) is 21.9 Å². The number of azo groups is 1. The Bertz CT molecular complexity index is 1630. The molecule has 0 aromatic heterocycles. The predicted octanol–water partition coefficient (Wildman–Crippen LogP) is 4.44. The molecular weight excluding hydrogens is 528 g/mol. The SMILES string of the molecule is O=S(=O)(O)c1ccc(N=Nc2c(S(=O)(=O)O)cc3ccc(Nc4ccccc4)cc3c2O)cc1.[Na].[Na]. The number of aromatic hydroxyl groups is 1. The van der Waals surface area contributed by atoms with Gasteiger partial charge >= 0.3 is 0 Å². The second-order valence-corrected chi connectivity index (χ2v) is 9.95. The number of benzene rings is 4. The number of hydrogen-bond acceptors (Lipinski definition) is 8. The van der Waals surface area contributed by atoms with E-state index in [-0.39, 0.29) is 75.1 Å². The molecule has 4 aromatic rings. The molecule has 0 unspecified atom stereocenters. The Kier molecular flexibility index (Phi) is 10.2. The topological polar surface area (TPSA) is 166 Å². The summed E-state index contributed by atoms with van der Waals surface area (Å²) < 4.78 is 65.0. The van der Waals surface area contributed by atoms with Crippen molar-refractivity contribution in [3.63, 3.8) is 0 Å². The van der Waals surface area contributed by atoms with Crippen molar-refractivity contribution in [2.45, 2.75) is 9.79 Å². The first kappa shape index (κ1) is 30.4. The molecule has 0 spiro atoms. The van der Waals surface area contributed by atoms with Crippen LogP contribution in [0.15, 0.2) is 98.9 Å². The first-order chi connectivity index (χ1) is 16.0. The zero-order valence-corrected chi connectivity index (χ0v) is 24.8. The molecule has 4 rings (SSSR count). The van der Waals surface area contributed by atoms with Crippen LogP contribution in [0.3, 0.4) is 0 Å². The van der Waals surface area contributed by atoms with E-state index in [0.717, 1.165) is 23.9 Å². The van der Waals surface area contributed by atoms with Gasteiger partial charge in [-0.3, -0.25) is 9.11 Å². The second kappa shape index (κ2) is 12.1. The normalized spacial score (nSPS) is 11.6. The minimum absolute atomic E-state index is 0. The van der Waals surface area contributed by atoms with Gasteiger partial charge in [0.1, 0.15) is 10.6 Å². The third kappa shape index (κ3) is 7.13. The smallest absolute Gasteiger partial charge is 0.296 e. The van der Waals surface area contributed by atoms with Crippen LogP contribution in [0.5, 0.6) is 5.75 Å².